The van der Waals surface area contributed by atoms with Gasteiger partial charge in [-0.25, -0.2) is 9.18 Å². The van der Waals surface area contributed by atoms with Crippen molar-refractivity contribution in [3.05, 3.63) is 76.3 Å². The second kappa shape index (κ2) is 17.6. The molecule has 1 unspecified atom stereocenters. The van der Waals surface area contributed by atoms with E-state index in [1.54, 1.807) is 31.3 Å². The van der Waals surface area contributed by atoms with E-state index in [1.165, 1.54) is 39.6 Å². The maximum absolute atomic E-state index is 14.9. The van der Waals surface area contributed by atoms with E-state index in [1.807, 2.05) is 0 Å². The van der Waals surface area contributed by atoms with E-state index in [2.05, 4.69) is 26.5 Å². The molecule has 1 aliphatic heterocycles. The maximum Gasteiger partial charge on any atom is 2.00 e. The number of rotatable bonds is 10. The number of benzene rings is 2. The molecule has 0 bridgehead atoms. The van der Waals surface area contributed by atoms with Crippen molar-refractivity contribution >= 4 is 29.7 Å². The molecule has 1 amide bonds. The fourth-order valence-electron chi connectivity index (χ4n) is 2.80. The van der Waals surface area contributed by atoms with Gasteiger partial charge in [0.15, 0.2) is 17.3 Å². The van der Waals surface area contributed by atoms with Crippen LogP contribution in [0.5, 0.6) is 11.5 Å². The minimum atomic E-state index is -0.935. The molecule has 0 fully saturated rings. The summed E-state index contributed by atoms with van der Waals surface area (Å²) < 4.78 is 25.3. The van der Waals surface area contributed by atoms with Crippen LogP contribution in [0.4, 0.5) is 10.1 Å². The van der Waals surface area contributed by atoms with Gasteiger partial charge in [-0.05, 0) is 30.3 Å². The number of nitrogens with one attached hydrogen (secondary N) is 5. The zero-order valence-corrected chi connectivity index (χ0v) is 25.3. The van der Waals surface area contributed by atoms with Crippen LogP contribution in [-0.4, -0.2) is 57.5 Å². The van der Waals surface area contributed by atoms with Crippen LogP contribution in [0.25, 0.3) is 11.1 Å². The van der Waals surface area contributed by atoms with Crippen molar-refractivity contribution in [2.75, 3.05) is 33.6 Å². The van der Waals surface area contributed by atoms with Gasteiger partial charge in [0.1, 0.15) is 17.7 Å². The quantitative estimate of drug-likeness (QED) is 0.0917. The fourth-order valence-corrected chi connectivity index (χ4v) is 2.80. The molecule has 0 saturated heterocycles. The number of nitrogens with two attached hydrogens (primary N) is 1. The first-order valence-electron chi connectivity index (χ1n) is 10.5. The molecule has 1 atom stereocenters. The molecule has 0 radical (unpaired) electrons. The first-order valence-corrected chi connectivity index (χ1v) is 10.5. The summed E-state index contributed by atoms with van der Waals surface area (Å²) in [6.07, 6.45) is 1.75. The third-order valence-electron chi connectivity index (χ3n) is 4.51. The van der Waals surface area contributed by atoms with Crippen molar-refractivity contribution in [1.82, 2.24) is 10.7 Å². The molecule has 0 saturated carbocycles. The zero-order chi connectivity index (χ0) is 28.0. The van der Waals surface area contributed by atoms with Crippen LogP contribution < -0.4 is 31.3 Å². The Morgan fingerprint density at radius 2 is 1.76 bits per heavy atom. The van der Waals surface area contributed by atoms with Gasteiger partial charge in [-0.3, -0.25) is 10.2 Å². The first-order chi connectivity index (χ1) is 17.7. The smallest absolute Gasteiger partial charge is 0.680 e. The van der Waals surface area contributed by atoms with Crippen molar-refractivity contribution in [2.45, 2.75) is 6.04 Å². The molecule has 202 valence electrons. The summed E-state index contributed by atoms with van der Waals surface area (Å²) in [5, 5.41) is 28.3. The van der Waals surface area contributed by atoms with Crippen molar-refractivity contribution in [2.24, 2.45) is 10.8 Å². The summed E-state index contributed by atoms with van der Waals surface area (Å²) in [5.74, 6) is -0.915. The molecule has 2 aromatic carbocycles. The van der Waals surface area contributed by atoms with Gasteiger partial charge in [0.05, 0.1) is 14.2 Å². The number of methoxy groups -OCH3 is 2. The minimum Gasteiger partial charge on any atom is -0.680 e. The molecule has 0 aromatic heterocycles. The summed E-state index contributed by atoms with van der Waals surface area (Å²) in [6.45, 7) is 0. The molecule has 3 rings (SSSR count). The van der Waals surface area contributed by atoms with Gasteiger partial charge in [-0.1, -0.05) is 5.70 Å². The average Bonchev–Trinajstić information content (AvgIpc) is 3.75. The molecule has 8 N–H and O–H groups in total. The van der Waals surface area contributed by atoms with Crippen molar-refractivity contribution in [3.8, 4) is 11.5 Å². The van der Waals surface area contributed by atoms with Crippen molar-refractivity contribution in [3.63, 3.8) is 0 Å². The monoisotopic (exact) mass is 754 g/mol. The summed E-state index contributed by atoms with van der Waals surface area (Å²) in [4.78, 5) is 20.7. The van der Waals surface area contributed by atoms with E-state index in [-0.39, 0.29) is 59.8 Å². The number of hydrogen-bond donors (Lipinski definition) is 6. The zero-order valence-electron chi connectivity index (χ0n) is 21.1. The number of carboxylic acid groups (broad SMARTS) is 1. The molecular formula is C23H29FN8O5U. The Morgan fingerprint density at radius 3 is 2.16 bits per heavy atom. The summed E-state index contributed by atoms with van der Waals surface area (Å²) >= 11 is 0. The standard InChI is InChI=1S/C19H23FN6O3.C3H2NO2.CH4N.U/c1-23-26-19(24-10-27)17(25-12-6-4-11(5-7-12)18(21)22)13-8-15(28-2)16(29-3)9-14(13)20;5-3(6)2-1-4-2;1-2;/h4-10,17,23,25H,1-3H3,(H3,21,22)(H,24,26,27);1H,(H,5,6);2H,1H3;/q;2*-1;+2. The predicted molar refractivity (Wildman–Crippen MR) is 138 cm³/mol. The Kier molecular flexibility index (Phi) is 15.9. The number of amidine groups is 2. The van der Waals surface area contributed by atoms with E-state index >= 15 is 0 Å². The van der Waals surface area contributed by atoms with Crippen LogP contribution in [0.3, 0.4) is 0 Å². The van der Waals surface area contributed by atoms with E-state index in [0.29, 0.717) is 23.4 Å². The number of hydrogen-bond acceptors (Lipinski definition) is 8. The molecular weight excluding hydrogens is 725 g/mol. The molecule has 0 aliphatic carbocycles. The van der Waals surface area contributed by atoms with Gasteiger partial charge >= 0.3 is 37.1 Å². The van der Waals surface area contributed by atoms with Crippen LogP contribution in [0.1, 0.15) is 17.2 Å². The predicted octanol–water partition coefficient (Wildman–Crippen LogP) is 2.53. The second-order valence-corrected chi connectivity index (χ2v) is 6.73. The SMILES string of the molecule is CN/N=C(\NC=O)C(Nc1ccc(C(=N)N)cc1)c1cc(OC)c(OC)cc1F.C[NH-].O=C(O)C1=C[N-]1.[U+2]. The number of ether oxygens (including phenoxy) is 2. The van der Waals surface area contributed by atoms with Gasteiger partial charge < -0.3 is 47.4 Å². The Hall–Kier alpha value is -3.80. The Bertz CT molecular complexity index is 1150. The third-order valence-corrected chi connectivity index (χ3v) is 4.51. The molecule has 1 aliphatic rings. The number of amides is 1. The largest absolute Gasteiger partial charge is 2.00 e. The minimum absolute atomic E-state index is 0. The topological polar surface area (TPSA) is 209 Å². The number of hydrazone groups is 1. The number of anilines is 1. The van der Waals surface area contributed by atoms with Crippen molar-refractivity contribution < 1.29 is 59.7 Å². The summed E-state index contributed by atoms with van der Waals surface area (Å²) in [7, 11) is 5.65. The van der Waals surface area contributed by atoms with Crippen LogP contribution in [0.15, 0.2) is 53.4 Å². The van der Waals surface area contributed by atoms with E-state index in [4.69, 9.17) is 31.5 Å². The van der Waals surface area contributed by atoms with Gasteiger partial charge in [0.25, 0.3) is 0 Å². The van der Waals surface area contributed by atoms with E-state index < -0.39 is 17.8 Å². The fraction of sp³-hybridized carbons (Fsp3) is 0.217. The van der Waals surface area contributed by atoms with E-state index in [9.17, 15) is 14.0 Å². The maximum atomic E-state index is 14.9. The molecule has 0 spiro atoms. The molecule has 2 aromatic rings. The molecule has 38 heavy (non-hydrogen) atoms. The number of carbonyl (C=O) groups excluding carboxylic acids is 1. The number of halogens is 1. The second-order valence-electron chi connectivity index (χ2n) is 6.73. The normalized spacial score (nSPS) is 11.6. The number of aliphatic carboxylic acids is 1. The van der Waals surface area contributed by atoms with Crippen LogP contribution >= 0.6 is 0 Å². The number of nitrogens with zero attached hydrogens (tertiary/aromatic N) is 2. The Labute approximate surface area is 243 Å². The van der Waals surface area contributed by atoms with E-state index in [0.717, 1.165) is 0 Å². The Morgan fingerprint density at radius 1 is 1.21 bits per heavy atom. The molecule has 13 nitrogen and oxygen atoms in total. The van der Waals surface area contributed by atoms with Gasteiger partial charge in [0.2, 0.25) is 6.41 Å². The van der Waals surface area contributed by atoms with Gasteiger partial charge in [-0.2, -0.15) is 18.3 Å². The number of carboxylic acids is 1. The van der Waals surface area contributed by atoms with Gasteiger partial charge in [-0.15, -0.1) is 0 Å². The van der Waals surface area contributed by atoms with Crippen molar-refractivity contribution in [1.29, 1.82) is 5.41 Å². The molecule has 1 heterocycles. The van der Waals surface area contributed by atoms with Crippen LogP contribution in [0, 0.1) is 42.3 Å². The average molecular weight is 755 g/mol. The van der Waals surface area contributed by atoms with Gasteiger partial charge in [0, 0.05) is 29.9 Å². The summed E-state index contributed by atoms with van der Waals surface area (Å²) in [6, 6.07) is 8.44. The number of nitrogen functional groups attached to an aromatic ring is 1. The first kappa shape index (κ1) is 34.2. The third kappa shape index (κ3) is 10.3. The number of carbonyl (C=O) groups is 2. The van der Waals surface area contributed by atoms with Crippen LogP contribution in [0.2, 0.25) is 0 Å². The van der Waals surface area contributed by atoms with Crippen LogP contribution in [-0.2, 0) is 9.59 Å². The Balaban J connectivity index is 0.00000131. The summed E-state index contributed by atoms with van der Waals surface area (Å²) in [5.41, 5.74) is 15.3. The molecule has 15 heteroatoms.